The molecule has 4 rings (SSSR count). The van der Waals surface area contributed by atoms with Crippen molar-refractivity contribution in [3.8, 4) is 17.2 Å². The molecule has 184 valence electrons. The molecule has 0 amide bonds. The average Bonchev–Trinajstić information content (AvgIpc) is 2.83. The second-order valence-electron chi connectivity index (χ2n) is 8.55. The van der Waals surface area contributed by atoms with Gasteiger partial charge in [0, 0.05) is 19.1 Å². The van der Waals surface area contributed by atoms with Crippen molar-refractivity contribution in [1.29, 1.82) is 5.26 Å². The minimum Gasteiger partial charge on any atom is -0.385 e. The molecule has 0 aromatic heterocycles. The molecule has 0 unspecified atom stereocenters. The molecule has 0 N–H and O–H groups in total. The van der Waals surface area contributed by atoms with Gasteiger partial charge in [0.25, 0.3) is 0 Å². The van der Waals surface area contributed by atoms with E-state index < -0.39 is 34.6 Å². The molecule has 0 atom stereocenters. The van der Waals surface area contributed by atoms with Gasteiger partial charge < -0.3 is 4.74 Å². The van der Waals surface area contributed by atoms with Crippen LogP contribution in [0.25, 0.3) is 21.9 Å². The summed E-state index contributed by atoms with van der Waals surface area (Å²) in [6.45, 7) is 0.491. The molecule has 0 heterocycles. The van der Waals surface area contributed by atoms with Crippen LogP contribution in [-0.4, -0.2) is 13.7 Å². The Morgan fingerprint density at radius 3 is 2.03 bits per heavy atom. The van der Waals surface area contributed by atoms with Crippen molar-refractivity contribution in [3.05, 3.63) is 106 Å². The molecule has 0 spiro atoms. The van der Waals surface area contributed by atoms with E-state index >= 15 is 4.39 Å². The molecule has 0 radical (unpaired) electrons. The van der Waals surface area contributed by atoms with Crippen LogP contribution in [0.1, 0.15) is 28.7 Å². The number of hydrogen-bond acceptors (Lipinski definition) is 2. The van der Waals surface area contributed by atoms with E-state index in [4.69, 9.17) is 10.00 Å². The summed E-state index contributed by atoms with van der Waals surface area (Å²) in [7, 11) is 1.56. The number of nitriles is 1. The van der Waals surface area contributed by atoms with Gasteiger partial charge in [-0.1, -0.05) is 24.3 Å². The van der Waals surface area contributed by atoms with Crippen molar-refractivity contribution < 1.29 is 26.7 Å². The molecule has 4 aromatic rings. The summed E-state index contributed by atoms with van der Waals surface area (Å²) >= 11 is 0. The quantitative estimate of drug-likeness (QED) is 0.188. The number of halogens is 5. The third kappa shape index (κ3) is 5.24. The summed E-state index contributed by atoms with van der Waals surface area (Å²) in [4.78, 5) is 0. The fourth-order valence-corrected chi connectivity index (χ4v) is 4.31. The third-order valence-corrected chi connectivity index (χ3v) is 6.14. The maximum Gasteiger partial charge on any atom is 0.144 e. The summed E-state index contributed by atoms with van der Waals surface area (Å²) in [6, 6.07) is 13.9. The fourth-order valence-electron chi connectivity index (χ4n) is 4.31. The fraction of sp³-hybridized carbons (Fsp3) is 0.207. The predicted octanol–water partition coefficient (Wildman–Crippen LogP) is 7.44. The summed E-state index contributed by atoms with van der Waals surface area (Å²) in [6.07, 6.45) is 1.45. The summed E-state index contributed by atoms with van der Waals surface area (Å²) < 4.78 is 77.5. The van der Waals surface area contributed by atoms with Crippen LogP contribution in [0.3, 0.4) is 0 Å². The van der Waals surface area contributed by atoms with Gasteiger partial charge in [-0.15, -0.1) is 0 Å². The predicted molar refractivity (Wildman–Crippen MR) is 128 cm³/mol. The van der Waals surface area contributed by atoms with Crippen molar-refractivity contribution >= 4 is 10.8 Å². The normalized spacial score (nSPS) is 11.1. The second-order valence-corrected chi connectivity index (χ2v) is 8.55. The van der Waals surface area contributed by atoms with Crippen LogP contribution in [0, 0.1) is 40.4 Å². The van der Waals surface area contributed by atoms with E-state index in [9.17, 15) is 17.6 Å². The first-order chi connectivity index (χ1) is 17.3. The highest BCUT2D eigenvalue weighted by molar-refractivity contribution is 5.88. The van der Waals surface area contributed by atoms with Gasteiger partial charge in [-0.05, 0) is 83.7 Å². The first kappa shape index (κ1) is 25.3. The van der Waals surface area contributed by atoms with Crippen LogP contribution < -0.4 is 0 Å². The lowest BCUT2D eigenvalue weighted by atomic mass is 9.95. The highest BCUT2D eigenvalue weighted by Crippen LogP contribution is 2.32. The maximum atomic E-state index is 15.2. The monoisotopic (exact) mass is 495 g/mol. The third-order valence-electron chi connectivity index (χ3n) is 6.14. The Labute approximate surface area is 205 Å². The van der Waals surface area contributed by atoms with E-state index in [0.29, 0.717) is 41.5 Å². The van der Waals surface area contributed by atoms with Gasteiger partial charge in [0.1, 0.15) is 40.7 Å². The van der Waals surface area contributed by atoms with Crippen LogP contribution in [0.2, 0.25) is 0 Å². The summed E-state index contributed by atoms with van der Waals surface area (Å²) in [5.74, 6) is -3.81. The van der Waals surface area contributed by atoms with E-state index in [1.165, 1.54) is 36.4 Å². The maximum absolute atomic E-state index is 15.2. The minimum absolute atomic E-state index is 0.160. The first-order valence-corrected chi connectivity index (χ1v) is 11.4. The Hall–Kier alpha value is -3.76. The van der Waals surface area contributed by atoms with E-state index in [1.807, 2.05) is 0 Å². The zero-order valence-electron chi connectivity index (χ0n) is 19.5. The van der Waals surface area contributed by atoms with Crippen LogP contribution in [-0.2, 0) is 24.0 Å². The summed E-state index contributed by atoms with van der Waals surface area (Å²) in [5.41, 5.74) is 0.622. The number of nitrogens with zero attached hydrogens (tertiary/aromatic N) is 1. The van der Waals surface area contributed by atoms with Crippen LogP contribution >= 0.6 is 0 Å². The zero-order valence-corrected chi connectivity index (χ0v) is 19.5. The smallest absolute Gasteiger partial charge is 0.144 e. The molecule has 2 nitrogen and oxygen atoms in total. The lowest BCUT2D eigenvalue weighted by Gasteiger charge is -2.11. The van der Waals surface area contributed by atoms with Crippen molar-refractivity contribution in [2.75, 3.05) is 13.7 Å². The van der Waals surface area contributed by atoms with Crippen LogP contribution in [0.4, 0.5) is 22.0 Å². The average molecular weight is 495 g/mol. The first-order valence-electron chi connectivity index (χ1n) is 11.4. The number of fused-ring (bicyclic) bond motifs is 1. The zero-order chi connectivity index (χ0) is 25.8. The Bertz CT molecular complexity index is 1430. The van der Waals surface area contributed by atoms with E-state index in [2.05, 4.69) is 0 Å². The molecule has 0 aliphatic rings. The van der Waals surface area contributed by atoms with Gasteiger partial charge in [-0.2, -0.15) is 5.26 Å². The lowest BCUT2D eigenvalue weighted by Crippen LogP contribution is -2.00. The Morgan fingerprint density at radius 2 is 1.39 bits per heavy atom. The van der Waals surface area contributed by atoms with Gasteiger partial charge in [-0.25, -0.2) is 22.0 Å². The van der Waals surface area contributed by atoms with E-state index in [0.717, 1.165) is 12.1 Å². The second kappa shape index (κ2) is 10.9. The molecule has 0 saturated heterocycles. The van der Waals surface area contributed by atoms with Gasteiger partial charge in [0.15, 0.2) is 0 Å². The standard InChI is InChI=1S/C29H22F5NO/c1-36-10-2-3-17-13-26(32)28(27(33)14-17)21-8-9-22-20(15-21)7-6-19(29(22)34)5-4-18-11-24(30)23(16-35)25(31)12-18/h6-9,11-15H,2-5,10H2,1H3. The number of benzene rings is 4. The van der Waals surface area contributed by atoms with Gasteiger partial charge >= 0.3 is 0 Å². The highest BCUT2D eigenvalue weighted by atomic mass is 19.1. The van der Waals surface area contributed by atoms with Gasteiger partial charge in [0.2, 0.25) is 0 Å². The molecule has 0 fully saturated rings. The molecule has 4 aromatic carbocycles. The van der Waals surface area contributed by atoms with E-state index in [1.54, 1.807) is 19.2 Å². The number of methoxy groups -OCH3 is 1. The number of rotatable bonds is 8. The molecule has 0 bridgehead atoms. The number of ether oxygens (including phenoxy) is 1. The minimum atomic E-state index is -0.957. The van der Waals surface area contributed by atoms with E-state index in [-0.39, 0.29) is 29.4 Å². The summed E-state index contributed by atoms with van der Waals surface area (Å²) in [5, 5.41) is 9.52. The Morgan fingerprint density at radius 1 is 0.750 bits per heavy atom. The molecule has 0 aliphatic carbocycles. The number of hydrogen-bond donors (Lipinski definition) is 0. The van der Waals surface area contributed by atoms with Gasteiger partial charge in [-0.3, -0.25) is 0 Å². The SMILES string of the molecule is COCCCc1cc(F)c(-c2ccc3c(F)c(CCc4cc(F)c(C#N)c(F)c4)ccc3c2)c(F)c1. The molecular formula is C29H22F5NO. The number of aryl methyl sites for hydroxylation is 3. The van der Waals surface area contributed by atoms with Crippen molar-refractivity contribution in [3.63, 3.8) is 0 Å². The highest BCUT2D eigenvalue weighted by Gasteiger charge is 2.16. The largest absolute Gasteiger partial charge is 0.385 e. The molecule has 0 saturated carbocycles. The van der Waals surface area contributed by atoms with Crippen molar-refractivity contribution in [2.45, 2.75) is 25.7 Å². The Kier molecular flexibility index (Phi) is 7.66. The van der Waals surface area contributed by atoms with Crippen LogP contribution in [0.15, 0.2) is 54.6 Å². The molecule has 0 aliphatic heterocycles. The molecular weight excluding hydrogens is 473 g/mol. The molecule has 7 heteroatoms. The Balaban J connectivity index is 1.58. The van der Waals surface area contributed by atoms with Crippen molar-refractivity contribution in [2.24, 2.45) is 0 Å². The van der Waals surface area contributed by atoms with Crippen molar-refractivity contribution in [1.82, 2.24) is 0 Å². The topological polar surface area (TPSA) is 33.0 Å². The van der Waals surface area contributed by atoms with Crippen LogP contribution in [0.5, 0.6) is 0 Å². The lowest BCUT2D eigenvalue weighted by molar-refractivity contribution is 0.195. The van der Waals surface area contributed by atoms with Gasteiger partial charge in [0.05, 0.1) is 5.56 Å². The molecule has 36 heavy (non-hydrogen) atoms.